The number of fused-ring (bicyclic) bond motifs is 1. The highest BCUT2D eigenvalue weighted by Crippen LogP contribution is 2.40. The summed E-state index contributed by atoms with van der Waals surface area (Å²) in [5.41, 5.74) is 0. The van der Waals surface area contributed by atoms with Gasteiger partial charge in [0.25, 0.3) is 0 Å². The van der Waals surface area contributed by atoms with Gasteiger partial charge in [0.05, 0.1) is 19.8 Å². The van der Waals surface area contributed by atoms with Crippen molar-refractivity contribution in [2.75, 3.05) is 13.7 Å². The first-order valence-corrected chi connectivity index (χ1v) is 6.74. The monoisotopic (exact) mass is 327 g/mol. The van der Waals surface area contributed by atoms with Crippen molar-refractivity contribution >= 4 is 5.97 Å². The molecule has 8 nitrogen and oxygen atoms in total. The van der Waals surface area contributed by atoms with Crippen molar-refractivity contribution < 1.29 is 43.1 Å². The molecule has 2 fully saturated rings. The van der Waals surface area contributed by atoms with Gasteiger partial charge in [-0.2, -0.15) is 4.39 Å². The van der Waals surface area contributed by atoms with E-state index >= 15 is 0 Å². The van der Waals surface area contributed by atoms with Crippen molar-refractivity contribution in [3.8, 4) is 0 Å². The zero-order valence-electron chi connectivity index (χ0n) is 12.0. The lowest BCUT2D eigenvalue weighted by Crippen LogP contribution is -2.68. The molecule has 4 N–H and O–H groups in total. The Hall–Kier alpha value is -0.910. The van der Waals surface area contributed by atoms with E-state index in [1.165, 1.54) is 6.92 Å². The minimum Gasteiger partial charge on any atom is -0.465 e. The van der Waals surface area contributed by atoms with Crippen LogP contribution in [0.15, 0.2) is 0 Å². The topological polar surface area (TPSA) is 117 Å². The van der Waals surface area contributed by atoms with Crippen LogP contribution >= 0.6 is 0 Å². The number of esters is 1. The maximum absolute atomic E-state index is 14.7. The van der Waals surface area contributed by atoms with Crippen molar-refractivity contribution in [1.82, 2.24) is 5.32 Å². The van der Waals surface area contributed by atoms with Crippen LogP contribution < -0.4 is 5.32 Å². The molecular formula is C12H19F2NO7. The van der Waals surface area contributed by atoms with Crippen molar-refractivity contribution in [2.24, 2.45) is 0 Å². The molecule has 8 atom stereocenters. The summed E-state index contributed by atoms with van der Waals surface area (Å²) < 4.78 is 43.2. The van der Waals surface area contributed by atoms with Gasteiger partial charge in [0.1, 0.15) is 30.6 Å². The molecule has 0 bridgehead atoms. The van der Waals surface area contributed by atoms with E-state index in [9.17, 15) is 23.8 Å². The third-order valence-electron chi connectivity index (χ3n) is 3.83. The molecule has 128 valence electrons. The molecule has 0 aliphatic carbocycles. The lowest BCUT2D eigenvalue weighted by atomic mass is 9.88. The van der Waals surface area contributed by atoms with E-state index in [0.29, 0.717) is 0 Å². The smallest absolute Gasteiger partial charge is 0.375 e. The molecule has 2 rings (SSSR count). The maximum Gasteiger partial charge on any atom is 0.375 e. The van der Waals surface area contributed by atoms with Crippen LogP contribution in [0.25, 0.3) is 0 Å². The molecule has 0 aromatic heterocycles. The van der Waals surface area contributed by atoms with Gasteiger partial charge in [0.15, 0.2) is 6.17 Å². The summed E-state index contributed by atoms with van der Waals surface area (Å²) in [5.74, 6) is -5.10. The second kappa shape index (κ2) is 6.30. The third kappa shape index (κ3) is 2.70. The highest BCUT2D eigenvalue weighted by molar-refractivity contribution is 5.79. The minimum atomic E-state index is -3.48. The van der Waals surface area contributed by atoms with Crippen LogP contribution in [0.1, 0.15) is 6.92 Å². The Labute approximate surface area is 125 Å². The standard InChI is InChI=1S/C12H19F2NO7/c1-4-15-6-8(7(18)5(17)3-16)22-12(14,11(19)20-2)10(13)9(6)21-4/h4-10,15-18H,3H2,1-2H3/t4?,5-,6?,7-,8?,9?,10?,12?/m1/s1. The molecule has 2 heterocycles. The number of carbonyl (C=O) groups excluding carboxylic acids is 1. The first-order valence-electron chi connectivity index (χ1n) is 6.74. The molecule has 6 unspecified atom stereocenters. The van der Waals surface area contributed by atoms with Gasteiger partial charge in [0.2, 0.25) is 0 Å². The number of carbonyl (C=O) groups is 1. The molecule has 0 aromatic rings. The summed E-state index contributed by atoms with van der Waals surface area (Å²) in [7, 11) is 0.857. The van der Waals surface area contributed by atoms with Crippen LogP contribution in [-0.4, -0.2) is 83.7 Å². The lowest BCUT2D eigenvalue weighted by Gasteiger charge is -2.43. The van der Waals surface area contributed by atoms with Gasteiger partial charge in [-0.25, -0.2) is 9.18 Å². The van der Waals surface area contributed by atoms with E-state index in [0.717, 1.165) is 7.11 Å². The van der Waals surface area contributed by atoms with Gasteiger partial charge in [-0.1, -0.05) is 0 Å². The number of methoxy groups -OCH3 is 1. The van der Waals surface area contributed by atoms with E-state index in [-0.39, 0.29) is 0 Å². The quantitative estimate of drug-likeness (QED) is 0.437. The fraction of sp³-hybridized carbons (Fsp3) is 0.917. The lowest BCUT2D eigenvalue weighted by molar-refractivity contribution is -0.288. The molecule has 0 amide bonds. The van der Waals surface area contributed by atoms with Crippen molar-refractivity contribution in [3.05, 3.63) is 0 Å². The van der Waals surface area contributed by atoms with Crippen LogP contribution in [-0.2, 0) is 19.0 Å². The van der Waals surface area contributed by atoms with E-state index in [1.54, 1.807) is 0 Å². The number of hydrogen-bond acceptors (Lipinski definition) is 8. The van der Waals surface area contributed by atoms with Gasteiger partial charge in [0, 0.05) is 0 Å². The van der Waals surface area contributed by atoms with E-state index < -0.39 is 61.3 Å². The summed E-state index contributed by atoms with van der Waals surface area (Å²) in [6.07, 6.45) is -9.57. The second-order valence-corrected chi connectivity index (χ2v) is 5.30. The Morgan fingerprint density at radius 3 is 2.68 bits per heavy atom. The predicted molar refractivity (Wildman–Crippen MR) is 66.0 cm³/mol. The van der Waals surface area contributed by atoms with Crippen molar-refractivity contribution in [2.45, 2.75) is 55.6 Å². The Bertz CT molecular complexity index is 428. The molecule has 10 heteroatoms. The van der Waals surface area contributed by atoms with Crippen LogP contribution in [0.4, 0.5) is 8.78 Å². The van der Waals surface area contributed by atoms with Gasteiger partial charge >= 0.3 is 11.8 Å². The molecule has 0 radical (unpaired) electrons. The van der Waals surface area contributed by atoms with Crippen molar-refractivity contribution in [1.29, 1.82) is 0 Å². The zero-order chi connectivity index (χ0) is 16.7. The second-order valence-electron chi connectivity index (χ2n) is 5.30. The molecule has 0 spiro atoms. The Balaban J connectivity index is 2.34. The van der Waals surface area contributed by atoms with Gasteiger partial charge in [-0.3, -0.25) is 5.32 Å². The van der Waals surface area contributed by atoms with Crippen LogP contribution in [0.5, 0.6) is 0 Å². The summed E-state index contributed by atoms with van der Waals surface area (Å²) in [6, 6.07) is -1.02. The van der Waals surface area contributed by atoms with Crippen LogP contribution in [0.3, 0.4) is 0 Å². The van der Waals surface area contributed by atoms with Gasteiger partial charge < -0.3 is 29.5 Å². The normalized spacial score (nSPS) is 44.2. The highest BCUT2D eigenvalue weighted by atomic mass is 19.2. The molecule has 2 saturated heterocycles. The average Bonchev–Trinajstić information content (AvgIpc) is 2.90. The van der Waals surface area contributed by atoms with Gasteiger partial charge in [-0.15, -0.1) is 0 Å². The van der Waals surface area contributed by atoms with E-state index in [1.807, 2.05) is 0 Å². The Morgan fingerprint density at radius 2 is 2.14 bits per heavy atom. The number of nitrogens with one attached hydrogen (secondary N) is 1. The number of alkyl halides is 2. The molecule has 2 aliphatic heterocycles. The number of halogens is 2. The minimum absolute atomic E-state index is 0.683. The van der Waals surface area contributed by atoms with Crippen LogP contribution in [0.2, 0.25) is 0 Å². The third-order valence-corrected chi connectivity index (χ3v) is 3.83. The molecular weight excluding hydrogens is 308 g/mol. The molecule has 0 saturated carbocycles. The summed E-state index contributed by atoms with van der Waals surface area (Å²) in [4.78, 5) is 11.5. The number of aliphatic hydroxyl groups excluding tert-OH is 3. The van der Waals surface area contributed by atoms with E-state index in [4.69, 9.17) is 14.6 Å². The van der Waals surface area contributed by atoms with Gasteiger partial charge in [-0.05, 0) is 6.92 Å². The summed E-state index contributed by atoms with van der Waals surface area (Å²) >= 11 is 0. The number of aliphatic hydroxyl groups is 3. The fourth-order valence-electron chi connectivity index (χ4n) is 2.71. The summed E-state index contributed by atoms with van der Waals surface area (Å²) in [6.45, 7) is 0.695. The van der Waals surface area contributed by atoms with Crippen LogP contribution in [0, 0.1) is 0 Å². The zero-order valence-corrected chi connectivity index (χ0v) is 12.0. The number of rotatable bonds is 4. The summed E-state index contributed by atoms with van der Waals surface area (Å²) in [5, 5.41) is 31.1. The predicted octanol–water partition coefficient (Wildman–Crippen LogP) is -2.02. The maximum atomic E-state index is 14.7. The van der Waals surface area contributed by atoms with Crippen molar-refractivity contribution in [3.63, 3.8) is 0 Å². The number of hydrogen-bond donors (Lipinski definition) is 4. The first kappa shape index (κ1) is 17.4. The Kier molecular flexibility index (Phi) is 5.00. The largest absolute Gasteiger partial charge is 0.465 e. The molecule has 0 aromatic carbocycles. The highest BCUT2D eigenvalue weighted by Gasteiger charge is 2.65. The molecule has 2 aliphatic rings. The Morgan fingerprint density at radius 1 is 1.50 bits per heavy atom. The van der Waals surface area contributed by atoms with E-state index in [2.05, 4.69) is 10.1 Å². The first-order chi connectivity index (χ1) is 10.3. The number of ether oxygens (including phenoxy) is 3. The SMILES string of the molecule is COC(=O)C1(F)OC([C@H](O)[C@H](O)CO)C2NC(C)OC2C1F. The average molecular weight is 327 g/mol. The molecule has 22 heavy (non-hydrogen) atoms. The fourth-order valence-corrected chi connectivity index (χ4v) is 2.71.